The summed E-state index contributed by atoms with van der Waals surface area (Å²) < 4.78 is 0. The van der Waals surface area contributed by atoms with E-state index in [0.717, 1.165) is 18.9 Å². The zero-order valence-electron chi connectivity index (χ0n) is 14.4. The van der Waals surface area contributed by atoms with Gasteiger partial charge >= 0.3 is 0 Å². The minimum absolute atomic E-state index is 0.133. The van der Waals surface area contributed by atoms with E-state index in [0.29, 0.717) is 6.04 Å². The molecule has 0 bridgehead atoms. The molecule has 0 aromatic heterocycles. The average molecular weight is 288 g/mol. The predicted molar refractivity (Wildman–Crippen MR) is 91.8 cm³/mol. The van der Waals surface area contributed by atoms with E-state index in [2.05, 4.69) is 69.3 Å². The summed E-state index contributed by atoms with van der Waals surface area (Å²) in [5.74, 6) is 0.805. The normalized spacial score (nSPS) is 20.1. The summed E-state index contributed by atoms with van der Waals surface area (Å²) in [5.41, 5.74) is 3.12. The molecule has 0 spiro atoms. The Labute approximate surface area is 130 Å². The number of hydrogen-bond acceptors (Lipinski definition) is 2. The van der Waals surface area contributed by atoms with Gasteiger partial charge in [0, 0.05) is 5.54 Å². The van der Waals surface area contributed by atoms with E-state index in [1.54, 1.807) is 5.56 Å². The lowest BCUT2D eigenvalue weighted by atomic mass is 9.77. The lowest BCUT2D eigenvalue weighted by Crippen LogP contribution is -2.51. The Balaban J connectivity index is 2.32. The number of nitrogens with one attached hydrogen (secondary N) is 1. The Kier molecular flexibility index (Phi) is 5.45. The molecule has 1 aromatic rings. The smallest absolute Gasteiger partial charge is 0.0504 e. The Morgan fingerprint density at radius 3 is 2.48 bits per heavy atom. The van der Waals surface area contributed by atoms with Crippen molar-refractivity contribution in [2.24, 2.45) is 0 Å². The van der Waals surface area contributed by atoms with Crippen molar-refractivity contribution < 1.29 is 0 Å². The van der Waals surface area contributed by atoms with Crippen LogP contribution in [0.3, 0.4) is 0 Å². The maximum atomic E-state index is 3.73. The molecule has 2 atom stereocenters. The number of benzene rings is 1. The Hall–Kier alpha value is -0.860. The molecule has 2 unspecified atom stereocenters. The summed E-state index contributed by atoms with van der Waals surface area (Å²) in [5, 5.41) is 3.73. The first-order valence-electron chi connectivity index (χ1n) is 8.53. The van der Waals surface area contributed by atoms with E-state index in [1.165, 1.54) is 24.8 Å². The second-order valence-corrected chi connectivity index (χ2v) is 6.89. The monoisotopic (exact) mass is 288 g/mol. The lowest BCUT2D eigenvalue weighted by Gasteiger charge is -2.43. The molecular formula is C19H32N2. The summed E-state index contributed by atoms with van der Waals surface area (Å²) in [6, 6.07) is 9.69. The van der Waals surface area contributed by atoms with Crippen molar-refractivity contribution in [3.8, 4) is 0 Å². The third-order valence-corrected chi connectivity index (χ3v) is 5.59. The highest BCUT2D eigenvalue weighted by molar-refractivity contribution is 5.31. The lowest BCUT2D eigenvalue weighted by molar-refractivity contribution is 0.113. The van der Waals surface area contributed by atoms with Crippen molar-refractivity contribution in [1.82, 2.24) is 10.2 Å². The highest BCUT2D eigenvalue weighted by atomic mass is 15.2. The molecule has 1 N–H and O–H groups in total. The molecule has 0 saturated heterocycles. The van der Waals surface area contributed by atoms with Crippen molar-refractivity contribution >= 4 is 0 Å². The molecule has 1 aromatic carbocycles. The maximum absolute atomic E-state index is 3.73. The minimum Gasteiger partial charge on any atom is -0.309 e. The van der Waals surface area contributed by atoms with Gasteiger partial charge in [-0.3, -0.25) is 0 Å². The molecule has 2 nitrogen and oxygen atoms in total. The second-order valence-electron chi connectivity index (χ2n) is 6.89. The fourth-order valence-electron chi connectivity index (χ4n) is 3.41. The van der Waals surface area contributed by atoms with Crippen molar-refractivity contribution in [3.05, 3.63) is 35.4 Å². The molecule has 1 aliphatic rings. The minimum atomic E-state index is 0.133. The van der Waals surface area contributed by atoms with E-state index in [1.807, 2.05) is 0 Å². The van der Waals surface area contributed by atoms with Crippen LogP contribution in [0.2, 0.25) is 0 Å². The summed E-state index contributed by atoms with van der Waals surface area (Å²) in [4.78, 5) is 2.37. The van der Waals surface area contributed by atoms with Gasteiger partial charge in [0.25, 0.3) is 0 Å². The molecular weight excluding hydrogens is 256 g/mol. The van der Waals surface area contributed by atoms with E-state index in [-0.39, 0.29) is 5.54 Å². The maximum Gasteiger partial charge on any atom is 0.0504 e. The first kappa shape index (κ1) is 16.5. The topological polar surface area (TPSA) is 15.3 Å². The summed E-state index contributed by atoms with van der Waals surface area (Å²) in [6.45, 7) is 7.87. The van der Waals surface area contributed by atoms with Crippen LogP contribution >= 0.6 is 0 Å². The average Bonchev–Trinajstić information content (AvgIpc) is 2.42. The molecule has 0 amide bonds. The fraction of sp³-hybridized carbons (Fsp3) is 0.684. The molecule has 1 fully saturated rings. The van der Waals surface area contributed by atoms with Gasteiger partial charge in [0.15, 0.2) is 0 Å². The van der Waals surface area contributed by atoms with Gasteiger partial charge < -0.3 is 10.2 Å². The van der Waals surface area contributed by atoms with Crippen LogP contribution in [0.4, 0.5) is 0 Å². The third-order valence-electron chi connectivity index (χ3n) is 5.59. The molecule has 1 saturated carbocycles. The first-order chi connectivity index (χ1) is 10.0. The van der Waals surface area contributed by atoms with Crippen molar-refractivity contribution in [3.63, 3.8) is 0 Å². The van der Waals surface area contributed by atoms with E-state index in [9.17, 15) is 0 Å². The molecule has 21 heavy (non-hydrogen) atoms. The number of hydrogen-bond donors (Lipinski definition) is 1. The zero-order chi connectivity index (χ0) is 15.5. The van der Waals surface area contributed by atoms with Gasteiger partial charge in [0.2, 0.25) is 0 Å². The number of rotatable bonds is 7. The highest BCUT2D eigenvalue weighted by Crippen LogP contribution is 2.39. The Morgan fingerprint density at radius 2 is 2.00 bits per heavy atom. The fourth-order valence-corrected chi connectivity index (χ4v) is 3.41. The highest BCUT2D eigenvalue weighted by Gasteiger charge is 2.35. The van der Waals surface area contributed by atoms with Gasteiger partial charge in [-0.2, -0.15) is 0 Å². The van der Waals surface area contributed by atoms with Crippen LogP contribution < -0.4 is 5.32 Å². The molecule has 0 heterocycles. The predicted octanol–water partition coefficient (Wildman–Crippen LogP) is 4.34. The largest absolute Gasteiger partial charge is 0.309 e. The first-order valence-corrected chi connectivity index (χ1v) is 8.53. The van der Waals surface area contributed by atoms with Crippen molar-refractivity contribution in [2.75, 3.05) is 20.6 Å². The van der Waals surface area contributed by atoms with Crippen molar-refractivity contribution in [1.29, 1.82) is 0 Å². The van der Waals surface area contributed by atoms with Crippen LogP contribution in [0.25, 0.3) is 0 Å². The van der Waals surface area contributed by atoms with Crippen LogP contribution in [0.1, 0.15) is 69.5 Å². The van der Waals surface area contributed by atoms with E-state index in [4.69, 9.17) is 0 Å². The molecule has 2 rings (SSSR count). The Bertz CT molecular complexity index is 451. The van der Waals surface area contributed by atoms with E-state index < -0.39 is 0 Å². The van der Waals surface area contributed by atoms with Gasteiger partial charge in [-0.05, 0) is 63.9 Å². The van der Waals surface area contributed by atoms with E-state index >= 15 is 0 Å². The summed E-state index contributed by atoms with van der Waals surface area (Å²) in [7, 11) is 4.40. The standard InChI is InChI=1S/C19H32N2/c1-6-19(3,21(4)5)18(20-7-2)17-13-9-12-16(14-17)15-10-8-11-15/h9,12-15,18,20H,6-8,10-11H2,1-5H3. The number of likely N-dealkylation sites (N-methyl/N-ethyl adjacent to an activating group) is 2. The molecule has 118 valence electrons. The van der Waals surface area contributed by atoms with Crippen LogP contribution in [0, 0.1) is 0 Å². The molecule has 2 heteroatoms. The van der Waals surface area contributed by atoms with Gasteiger partial charge in [-0.1, -0.05) is 44.5 Å². The van der Waals surface area contributed by atoms with Crippen molar-refractivity contribution in [2.45, 2.75) is 64.0 Å². The van der Waals surface area contributed by atoms with Crippen LogP contribution in [-0.4, -0.2) is 31.1 Å². The van der Waals surface area contributed by atoms with Crippen LogP contribution in [0.5, 0.6) is 0 Å². The third kappa shape index (κ3) is 3.32. The van der Waals surface area contributed by atoms with Crippen LogP contribution in [0.15, 0.2) is 24.3 Å². The molecule has 1 aliphatic carbocycles. The Morgan fingerprint density at radius 1 is 1.29 bits per heavy atom. The second kappa shape index (κ2) is 6.93. The SMILES string of the molecule is CCNC(c1cccc(C2CCC2)c1)C(C)(CC)N(C)C. The van der Waals surface area contributed by atoms with Gasteiger partial charge in [-0.15, -0.1) is 0 Å². The van der Waals surface area contributed by atoms with Gasteiger partial charge in [-0.25, -0.2) is 0 Å². The van der Waals surface area contributed by atoms with Crippen LogP contribution in [-0.2, 0) is 0 Å². The molecule has 0 aliphatic heterocycles. The molecule has 0 radical (unpaired) electrons. The summed E-state index contributed by atoms with van der Waals surface area (Å²) in [6.07, 6.45) is 5.27. The zero-order valence-corrected chi connectivity index (χ0v) is 14.4. The van der Waals surface area contributed by atoms with Gasteiger partial charge in [0.05, 0.1) is 6.04 Å². The number of nitrogens with zero attached hydrogens (tertiary/aromatic N) is 1. The van der Waals surface area contributed by atoms with Gasteiger partial charge in [0.1, 0.15) is 0 Å². The quantitative estimate of drug-likeness (QED) is 0.803. The summed E-state index contributed by atoms with van der Waals surface area (Å²) >= 11 is 0.